The average Bonchev–Trinajstić information content (AvgIpc) is 3.36. The number of amides is 1. The van der Waals surface area contributed by atoms with E-state index in [1.807, 2.05) is 12.1 Å². The molecule has 0 spiro atoms. The minimum atomic E-state index is -1.15. The van der Waals surface area contributed by atoms with Gasteiger partial charge in [0, 0.05) is 10.6 Å². The van der Waals surface area contributed by atoms with E-state index in [-0.39, 0.29) is 6.61 Å². The first-order valence-electron chi connectivity index (χ1n) is 11.1. The number of carboxylic acids is 1. The van der Waals surface area contributed by atoms with E-state index in [9.17, 15) is 14.7 Å². The Labute approximate surface area is 212 Å². The Morgan fingerprint density at radius 1 is 1.03 bits per heavy atom. The van der Waals surface area contributed by atoms with Crippen LogP contribution < -0.4 is 9.47 Å². The predicted molar refractivity (Wildman–Crippen MR) is 133 cm³/mol. The van der Waals surface area contributed by atoms with Gasteiger partial charge in [-0.3, -0.25) is 9.69 Å². The molecule has 36 heavy (non-hydrogen) atoms. The van der Waals surface area contributed by atoms with Gasteiger partial charge in [-0.05, 0) is 61.0 Å². The highest BCUT2D eigenvalue weighted by molar-refractivity contribution is 6.30. The largest absolute Gasteiger partial charge is 0.487 e. The van der Waals surface area contributed by atoms with Gasteiger partial charge in [0.05, 0.1) is 6.04 Å². The van der Waals surface area contributed by atoms with Crippen LogP contribution in [0.1, 0.15) is 24.2 Å². The second kappa shape index (κ2) is 11.4. The molecule has 3 aromatic carbocycles. The molecule has 0 aliphatic rings. The summed E-state index contributed by atoms with van der Waals surface area (Å²) in [4.78, 5) is 29.8. The summed E-state index contributed by atoms with van der Waals surface area (Å²) in [6, 6.07) is 22.1. The fraction of sp³-hybridized carbons (Fsp3) is 0.148. The van der Waals surface area contributed by atoms with Crippen molar-refractivity contribution in [1.29, 1.82) is 0 Å². The SMILES string of the molecule is C[C@@H](c1cccc(OCc2coc(-c3ccc(Cl)cc3)n2)c1)N(CC(=O)O)C(=O)Oc1ccccc1. The monoisotopic (exact) mass is 506 g/mol. The standard InChI is InChI=1S/C27H23ClN2O6/c1-18(30(15-25(31)32)27(33)36-23-7-3-2-4-8-23)20-6-5-9-24(14-20)34-16-22-17-35-26(29-22)19-10-12-21(28)13-11-19/h2-14,17-18H,15-16H2,1H3,(H,31,32)/t18-/m0/s1. The number of rotatable bonds is 9. The maximum absolute atomic E-state index is 12.8. The summed E-state index contributed by atoms with van der Waals surface area (Å²) >= 11 is 5.93. The number of oxazole rings is 1. The first-order chi connectivity index (χ1) is 17.4. The van der Waals surface area contributed by atoms with Crippen LogP contribution in [0.2, 0.25) is 5.02 Å². The molecular weight excluding hydrogens is 484 g/mol. The lowest BCUT2D eigenvalue weighted by Gasteiger charge is -2.27. The summed E-state index contributed by atoms with van der Waals surface area (Å²) in [6.45, 7) is 1.36. The van der Waals surface area contributed by atoms with Crippen molar-refractivity contribution >= 4 is 23.7 Å². The Hall–Kier alpha value is -4.30. The quantitative estimate of drug-likeness (QED) is 0.287. The average molecular weight is 507 g/mol. The molecule has 0 bridgehead atoms. The van der Waals surface area contributed by atoms with E-state index in [1.165, 1.54) is 6.26 Å². The van der Waals surface area contributed by atoms with Crippen LogP contribution in [0, 0.1) is 0 Å². The molecule has 8 nitrogen and oxygen atoms in total. The van der Waals surface area contributed by atoms with Crippen molar-refractivity contribution in [2.75, 3.05) is 6.54 Å². The molecule has 0 saturated heterocycles. The zero-order chi connectivity index (χ0) is 25.5. The predicted octanol–water partition coefficient (Wildman–Crippen LogP) is 6.22. The fourth-order valence-electron chi connectivity index (χ4n) is 3.45. The van der Waals surface area contributed by atoms with Crippen molar-refractivity contribution in [3.63, 3.8) is 0 Å². The zero-order valence-corrected chi connectivity index (χ0v) is 20.1. The first kappa shape index (κ1) is 24.8. The second-order valence-corrected chi connectivity index (χ2v) is 8.33. The normalized spacial score (nSPS) is 11.5. The smallest absolute Gasteiger partial charge is 0.416 e. The van der Waals surface area contributed by atoms with E-state index < -0.39 is 24.6 Å². The van der Waals surface area contributed by atoms with Crippen molar-refractivity contribution in [3.05, 3.63) is 101 Å². The number of benzene rings is 3. The Bertz CT molecular complexity index is 1320. The third-order valence-electron chi connectivity index (χ3n) is 5.33. The number of nitrogens with zero attached hydrogens (tertiary/aromatic N) is 2. The molecule has 4 rings (SSSR count). The molecule has 0 saturated carbocycles. The Kier molecular flexibility index (Phi) is 7.87. The van der Waals surface area contributed by atoms with Gasteiger partial charge in [-0.15, -0.1) is 0 Å². The first-order valence-corrected chi connectivity index (χ1v) is 11.5. The van der Waals surface area contributed by atoms with Gasteiger partial charge in [0.15, 0.2) is 0 Å². The molecule has 1 amide bonds. The number of carboxylic acid groups (broad SMARTS) is 1. The summed E-state index contributed by atoms with van der Waals surface area (Å²) in [7, 11) is 0. The van der Waals surface area contributed by atoms with Crippen LogP contribution in [0.3, 0.4) is 0 Å². The Morgan fingerprint density at radius 3 is 2.47 bits per heavy atom. The van der Waals surface area contributed by atoms with Gasteiger partial charge >= 0.3 is 12.1 Å². The van der Waals surface area contributed by atoms with Crippen LogP contribution >= 0.6 is 11.6 Å². The molecule has 0 aliphatic carbocycles. The molecule has 184 valence electrons. The van der Waals surface area contributed by atoms with Crippen molar-refractivity contribution in [3.8, 4) is 23.0 Å². The second-order valence-electron chi connectivity index (χ2n) is 7.89. The van der Waals surface area contributed by atoms with Gasteiger partial charge in [-0.25, -0.2) is 9.78 Å². The molecular formula is C27H23ClN2O6. The lowest BCUT2D eigenvalue weighted by atomic mass is 10.1. The molecule has 1 aromatic heterocycles. The van der Waals surface area contributed by atoms with Gasteiger partial charge in [-0.2, -0.15) is 0 Å². The molecule has 0 unspecified atom stereocenters. The highest BCUT2D eigenvalue weighted by Gasteiger charge is 2.26. The van der Waals surface area contributed by atoms with Crippen LogP contribution in [0.4, 0.5) is 4.79 Å². The number of hydrogen-bond donors (Lipinski definition) is 1. The number of para-hydroxylation sites is 1. The lowest BCUT2D eigenvalue weighted by molar-refractivity contribution is -0.138. The number of aliphatic carboxylic acids is 1. The molecule has 9 heteroatoms. The highest BCUT2D eigenvalue weighted by atomic mass is 35.5. The van der Waals surface area contributed by atoms with Gasteiger partial charge in [0.25, 0.3) is 0 Å². The van der Waals surface area contributed by atoms with Crippen molar-refractivity contribution in [2.24, 2.45) is 0 Å². The van der Waals surface area contributed by atoms with Gasteiger partial charge in [0.1, 0.15) is 36.6 Å². The van der Waals surface area contributed by atoms with Crippen molar-refractivity contribution in [1.82, 2.24) is 9.88 Å². The van der Waals surface area contributed by atoms with E-state index in [2.05, 4.69) is 4.98 Å². The van der Waals surface area contributed by atoms with Crippen molar-refractivity contribution in [2.45, 2.75) is 19.6 Å². The maximum Gasteiger partial charge on any atom is 0.416 e. The van der Waals surface area contributed by atoms with Gasteiger partial charge < -0.3 is 19.0 Å². The number of aromatic nitrogens is 1. The maximum atomic E-state index is 12.8. The van der Waals surface area contributed by atoms with Crippen LogP contribution in [0.5, 0.6) is 11.5 Å². The summed E-state index contributed by atoms with van der Waals surface area (Å²) in [6.07, 6.45) is 0.754. The number of halogens is 1. The van der Waals surface area contributed by atoms with E-state index in [0.29, 0.717) is 33.7 Å². The summed E-state index contributed by atoms with van der Waals surface area (Å²) < 4.78 is 16.8. The Morgan fingerprint density at radius 2 is 1.75 bits per heavy atom. The molecule has 0 aliphatic heterocycles. The molecule has 4 aromatic rings. The topological polar surface area (TPSA) is 102 Å². The van der Waals surface area contributed by atoms with Crippen LogP contribution in [0.15, 0.2) is 89.5 Å². The van der Waals surface area contributed by atoms with E-state index in [1.54, 1.807) is 73.7 Å². The minimum Gasteiger partial charge on any atom is -0.487 e. The van der Waals surface area contributed by atoms with E-state index in [4.69, 9.17) is 25.5 Å². The Balaban J connectivity index is 1.44. The fourth-order valence-corrected chi connectivity index (χ4v) is 3.58. The summed E-state index contributed by atoms with van der Waals surface area (Å²) in [5.74, 6) is 0.158. The van der Waals surface area contributed by atoms with E-state index in [0.717, 1.165) is 10.5 Å². The lowest BCUT2D eigenvalue weighted by Crippen LogP contribution is -2.39. The van der Waals surface area contributed by atoms with Crippen LogP contribution in [0.25, 0.3) is 11.5 Å². The number of carbonyl (C=O) groups is 2. The third kappa shape index (κ3) is 6.43. The zero-order valence-electron chi connectivity index (χ0n) is 19.3. The summed E-state index contributed by atoms with van der Waals surface area (Å²) in [5, 5.41) is 9.98. The third-order valence-corrected chi connectivity index (χ3v) is 5.58. The molecule has 1 heterocycles. The van der Waals surface area contributed by atoms with Crippen molar-refractivity contribution < 1.29 is 28.6 Å². The summed E-state index contributed by atoms with van der Waals surface area (Å²) in [5.41, 5.74) is 2.07. The van der Waals surface area contributed by atoms with Crippen LogP contribution in [-0.2, 0) is 11.4 Å². The van der Waals surface area contributed by atoms with Gasteiger partial charge in [-0.1, -0.05) is 41.9 Å². The number of ether oxygens (including phenoxy) is 2. The van der Waals surface area contributed by atoms with Crippen LogP contribution in [-0.4, -0.2) is 33.6 Å². The molecule has 0 fully saturated rings. The number of hydrogen-bond acceptors (Lipinski definition) is 6. The molecule has 0 radical (unpaired) electrons. The van der Waals surface area contributed by atoms with Gasteiger partial charge in [0.2, 0.25) is 5.89 Å². The highest BCUT2D eigenvalue weighted by Crippen LogP contribution is 2.26. The molecule has 1 atom stereocenters. The number of carbonyl (C=O) groups excluding carboxylic acids is 1. The van der Waals surface area contributed by atoms with E-state index >= 15 is 0 Å². The molecule has 1 N–H and O–H groups in total. The minimum absolute atomic E-state index is 0.157.